The zero-order chi connectivity index (χ0) is 18.4. The highest BCUT2D eigenvalue weighted by atomic mass is 19.1. The van der Waals surface area contributed by atoms with Gasteiger partial charge in [0.25, 0.3) is 11.5 Å². The number of pyridine rings is 1. The fourth-order valence-electron chi connectivity index (χ4n) is 2.50. The number of unbranched alkanes of at least 4 members (excludes halogenated alkanes) is 1. The van der Waals surface area contributed by atoms with Gasteiger partial charge in [0.2, 0.25) is 0 Å². The number of benzene rings is 1. The second-order valence-corrected chi connectivity index (χ2v) is 5.83. The van der Waals surface area contributed by atoms with Crippen LogP contribution in [0.3, 0.4) is 0 Å². The minimum absolute atomic E-state index is 0.180. The minimum atomic E-state index is -1.30. The molecule has 0 aliphatic carbocycles. The molecule has 0 unspecified atom stereocenters. The Morgan fingerprint density at radius 3 is 2.44 bits per heavy atom. The Morgan fingerprint density at radius 1 is 1.16 bits per heavy atom. The molecule has 0 aliphatic heterocycles. The van der Waals surface area contributed by atoms with E-state index in [4.69, 9.17) is 0 Å². The molecule has 6 heteroatoms. The number of rotatable bonds is 7. The fraction of sp³-hybridized carbons (Fsp3) is 0.316. The van der Waals surface area contributed by atoms with Gasteiger partial charge in [0.05, 0.1) is 0 Å². The van der Waals surface area contributed by atoms with Crippen LogP contribution in [0, 0.1) is 5.82 Å². The SMILES string of the molecule is CCCCN(C)C(=O)[C@H](C(=O)c1ccc(F)cc1)n1ccccc1=O. The summed E-state index contributed by atoms with van der Waals surface area (Å²) in [5.74, 6) is -1.48. The summed E-state index contributed by atoms with van der Waals surface area (Å²) in [6.07, 6.45) is 3.11. The highest BCUT2D eigenvalue weighted by Gasteiger charge is 2.32. The van der Waals surface area contributed by atoms with E-state index in [1.807, 2.05) is 6.92 Å². The van der Waals surface area contributed by atoms with E-state index < -0.39 is 29.1 Å². The maximum Gasteiger partial charge on any atom is 0.253 e. The summed E-state index contributed by atoms with van der Waals surface area (Å²) >= 11 is 0. The number of hydrogen-bond donors (Lipinski definition) is 0. The predicted molar refractivity (Wildman–Crippen MR) is 93.0 cm³/mol. The highest BCUT2D eigenvalue weighted by molar-refractivity contribution is 6.11. The Bertz CT molecular complexity index is 799. The normalized spacial score (nSPS) is 11.8. The van der Waals surface area contributed by atoms with Crippen LogP contribution in [0.15, 0.2) is 53.5 Å². The number of carbonyl (C=O) groups excluding carboxylic acids is 2. The Kier molecular flexibility index (Phi) is 6.22. The zero-order valence-corrected chi connectivity index (χ0v) is 14.3. The zero-order valence-electron chi connectivity index (χ0n) is 14.3. The molecular formula is C19H21FN2O3. The first kappa shape index (κ1) is 18.6. The monoisotopic (exact) mass is 344 g/mol. The van der Waals surface area contributed by atoms with Gasteiger partial charge in [-0.3, -0.25) is 19.0 Å². The lowest BCUT2D eigenvalue weighted by atomic mass is 10.0. The van der Waals surface area contributed by atoms with Crippen molar-refractivity contribution in [3.8, 4) is 0 Å². The fourth-order valence-corrected chi connectivity index (χ4v) is 2.50. The number of Topliss-reactive ketones (excluding diaryl/α,β-unsaturated/α-hetero) is 1. The highest BCUT2D eigenvalue weighted by Crippen LogP contribution is 2.17. The van der Waals surface area contributed by atoms with Gasteiger partial charge in [0.1, 0.15) is 5.82 Å². The Balaban J connectivity index is 2.43. The lowest BCUT2D eigenvalue weighted by Crippen LogP contribution is -2.42. The second kappa shape index (κ2) is 8.37. The predicted octanol–water partition coefficient (Wildman–Crippen LogP) is 2.67. The van der Waals surface area contributed by atoms with Crippen LogP contribution in [0.5, 0.6) is 0 Å². The van der Waals surface area contributed by atoms with E-state index in [-0.39, 0.29) is 5.56 Å². The van der Waals surface area contributed by atoms with E-state index >= 15 is 0 Å². The average molecular weight is 344 g/mol. The molecule has 1 aromatic heterocycles. The molecule has 0 aliphatic rings. The van der Waals surface area contributed by atoms with Gasteiger partial charge < -0.3 is 4.90 Å². The van der Waals surface area contributed by atoms with Gasteiger partial charge >= 0.3 is 0 Å². The Labute approximate surface area is 145 Å². The number of amides is 1. The number of aromatic nitrogens is 1. The molecule has 1 heterocycles. The molecule has 0 spiro atoms. The van der Waals surface area contributed by atoms with Crippen molar-refractivity contribution in [2.45, 2.75) is 25.8 Å². The Morgan fingerprint density at radius 2 is 1.84 bits per heavy atom. The average Bonchev–Trinajstić information content (AvgIpc) is 2.61. The third-order valence-corrected chi connectivity index (χ3v) is 3.96. The van der Waals surface area contributed by atoms with E-state index in [1.54, 1.807) is 19.2 Å². The van der Waals surface area contributed by atoms with Crippen LogP contribution in [0.2, 0.25) is 0 Å². The molecule has 0 fully saturated rings. The van der Waals surface area contributed by atoms with Crippen LogP contribution in [0.4, 0.5) is 4.39 Å². The Hall–Kier alpha value is -2.76. The van der Waals surface area contributed by atoms with E-state index in [9.17, 15) is 18.8 Å². The molecule has 1 aromatic carbocycles. The molecule has 0 saturated carbocycles. The van der Waals surface area contributed by atoms with Crippen molar-refractivity contribution in [2.24, 2.45) is 0 Å². The van der Waals surface area contributed by atoms with Gasteiger partial charge in [0.15, 0.2) is 11.8 Å². The summed E-state index contributed by atoms with van der Waals surface area (Å²) in [4.78, 5) is 39.4. The van der Waals surface area contributed by atoms with Crippen LogP contribution in [-0.4, -0.2) is 34.7 Å². The first-order chi connectivity index (χ1) is 12.0. The molecule has 2 rings (SSSR count). The molecule has 0 bridgehead atoms. The molecule has 132 valence electrons. The summed E-state index contributed by atoms with van der Waals surface area (Å²) in [5, 5.41) is 0. The number of nitrogens with zero attached hydrogens (tertiary/aromatic N) is 2. The smallest absolute Gasteiger partial charge is 0.253 e. The van der Waals surface area contributed by atoms with Crippen molar-refractivity contribution < 1.29 is 14.0 Å². The number of ketones is 1. The topological polar surface area (TPSA) is 59.4 Å². The van der Waals surface area contributed by atoms with Gasteiger partial charge in [-0.25, -0.2) is 4.39 Å². The summed E-state index contributed by atoms with van der Waals surface area (Å²) in [7, 11) is 1.61. The number of likely N-dealkylation sites (N-methyl/N-ethyl adjacent to an activating group) is 1. The maximum absolute atomic E-state index is 13.1. The first-order valence-electron chi connectivity index (χ1n) is 8.17. The van der Waals surface area contributed by atoms with Crippen molar-refractivity contribution in [3.63, 3.8) is 0 Å². The summed E-state index contributed by atoms with van der Waals surface area (Å²) in [6.45, 7) is 2.49. The van der Waals surface area contributed by atoms with Crippen LogP contribution in [0.25, 0.3) is 0 Å². The third-order valence-electron chi connectivity index (χ3n) is 3.96. The summed E-state index contributed by atoms with van der Waals surface area (Å²) < 4.78 is 14.2. The van der Waals surface area contributed by atoms with E-state index in [0.29, 0.717) is 6.54 Å². The molecule has 2 aromatic rings. The van der Waals surface area contributed by atoms with Gasteiger partial charge in [-0.2, -0.15) is 0 Å². The molecule has 0 N–H and O–H groups in total. The van der Waals surface area contributed by atoms with E-state index in [2.05, 4.69) is 0 Å². The van der Waals surface area contributed by atoms with Gasteiger partial charge in [-0.1, -0.05) is 19.4 Å². The number of hydrogen-bond acceptors (Lipinski definition) is 3. The largest absolute Gasteiger partial charge is 0.344 e. The number of carbonyl (C=O) groups is 2. The molecular weight excluding hydrogens is 323 g/mol. The molecule has 5 nitrogen and oxygen atoms in total. The van der Waals surface area contributed by atoms with Crippen LogP contribution < -0.4 is 5.56 Å². The third kappa shape index (κ3) is 4.41. The molecule has 1 atom stereocenters. The van der Waals surface area contributed by atoms with Crippen molar-refractivity contribution in [2.75, 3.05) is 13.6 Å². The first-order valence-corrected chi connectivity index (χ1v) is 8.17. The van der Waals surface area contributed by atoms with Crippen LogP contribution >= 0.6 is 0 Å². The van der Waals surface area contributed by atoms with Crippen molar-refractivity contribution in [1.29, 1.82) is 0 Å². The molecule has 0 radical (unpaired) electrons. The number of halogens is 1. The van der Waals surface area contributed by atoms with Crippen LogP contribution in [-0.2, 0) is 4.79 Å². The van der Waals surface area contributed by atoms with E-state index in [1.165, 1.54) is 29.3 Å². The van der Waals surface area contributed by atoms with Gasteiger partial charge in [-0.05, 0) is 36.8 Å². The van der Waals surface area contributed by atoms with Crippen LogP contribution in [0.1, 0.15) is 36.2 Å². The van der Waals surface area contributed by atoms with Gasteiger partial charge in [0, 0.05) is 31.4 Å². The van der Waals surface area contributed by atoms with Crippen molar-refractivity contribution in [1.82, 2.24) is 9.47 Å². The molecule has 25 heavy (non-hydrogen) atoms. The van der Waals surface area contributed by atoms with Gasteiger partial charge in [-0.15, -0.1) is 0 Å². The molecule has 1 amide bonds. The lowest BCUT2D eigenvalue weighted by Gasteiger charge is -2.24. The summed E-state index contributed by atoms with van der Waals surface area (Å²) in [6, 6.07) is 8.07. The van der Waals surface area contributed by atoms with E-state index in [0.717, 1.165) is 29.5 Å². The quantitative estimate of drug-likeness (QED) is 0.573. The van der Waals surface area contributed by atoms with Crippen molar-refractivity contribution in [3.05, 3.63) is 70.4 Å². The standard InChI is InChI=1S/C19H21FN2O3/c1-3-4-12-21(2)19(25)17(22-13-6-5-7-16(22)23)18(24)14-8-10-15(20)11-9-14/h5-11,13,17H,3-4,12H2,1-2H3/t17-/m0/s1. The molecule has 0 saturated heterocycles. The lowest BCUT2D eigenvalue weighted by molar-refractivity contribution is -0.132. The maximum atomic E-state index is 13.1. The second-order valence-electron chi connectivity index (χ2n) is 5.83. The van der Waals surface area contributed by atoms with Crippen molar-refractivity contribution >= 4 is 11.7 Å². The summed E-state index contributed by atoms with van der Waals surface area (Å²) in [5.41, 5.74) is -0.264. The minimum Gasteiger partial charge on any atom is -0.344 e.